The maximum Gasteiger partial charge on any atom is 0.0626 e. The van der Waals surface area contributed by atoms with Crippen molar-refractivity contribution in [3.63, 3.8) is 0 Å². The molecule has 9 rings (SSSR count). The molecule has 0 saturated heterocycles. The van der Waals surface area contributed by atoms with E-state index in [-0.39, 0.29) is 35.7 Å². The minimum Gasteiger partial charge on any atom is -0.310 e. The molecule has 0 atom stereocenters. The van der Waals surface area contributed by atoms with Gasteiger partial charge in [0.1, 0.15) is 0 Å². The lowest BCUT2D eigenvalue weighted by Crippen LogP contribution is -2.21. The van der Waals surface area contributed by atoms with E-state index in [9.17, 15) is 0 Å². The van der Waals surface area contributed by atoms with E-state index in [0.29, 0.717) is 0 Å². The summed E-state index contributed by atoms with van der Waals surface area (Å²) in [6.07, 6.45) is 0. The molecule has 0 spiro atoms. The fourth-order valence-electron chi connectivity index (χ4n) is 7.73. The summed E-state index contributed by atoms with van der Waals surface area (Å²) in [5, 5.41) is 0. The molecule has 52 heavy (non-hydrogen) atoms. The lowest BCUT2D eigenvalue weighted by Gasteiger charge is -2.36. The zero-order chi connectivity index (χ0) is 39.0. The lowest BCUT2D eigenvalue weighted by atomic mass is 9.68. The summed E-state index contributed by atoms with van der Waals surface area (Å²) in [4.78, 5) is 4.58. The van der Waals surface area contributed by atoms with E-state index in [4.69, 9.17) is 6.85 Å². The second-order valence-corrected chi connectivity index (χ2v) is 13.0. The molecule has 0 N–H and O–H groups in total. The van der Waals surface area contributed by atoms with Crippen LogP contribution >= 0.6 is 0 Å². The summed E-state index contributed by atoms with van der Waals surface area (Å²) in [5.74, 6) is -0.820. The summed E-state index contributed by atoms with van der Waals surface area (Å²) in [7, 11) is 0. The van der Waals surface area contributed by atoms with E-state index in [1.165, 1.54) is 0 Å². The van der Waals surface area contributed by atoms with Gasteiger partial charge in [0.05, 0.1) is 6.85 Å². The molecule has 0 radical (unpaired) electrons. The van der Waals surface area contributed by atoms with Crippen molar-refractivity contribution in [2.45, 2.75) is 11.8 Å². The highest BCUT2D eigenvalue weighted by Crippen LogP contribution is 2.51. The number of benzene rings is 8. The molecule has 0 fully saturated rings. The van der Waals surface area contributed by atoms with Gasteiger partial charge in [-0.25, -0.2) is 0 Å². The van der Waals surface area contributed by atoms with Gasteiger partial charge in [-0.05, 0) is 100 Å². The van der Waals surface area contributed by atoms with Crippen LogP contribution < -0.4 is 9.80 Å². The highest BCUT2D eigenvalue weighted by molar-refractivity contribution is 5.84. The SMILES string of the molecule is [2H]c1c([2H])c([2H])c(C2c3ccccc3C(c3cc(N(c4ccccc4)c4ccccc4)cc(N(c4ccccc4)c4ccccc4)c3)c3ccccc32)c([2H])c1[2H]. The molecule has 0 aliphatic heterocycles. The number of anilines is 6. The molecule has 1 aliphatic rings. The van der Waals surface area contributed by atoms with E-state index in [1.54, 1.807) is 0 Å². The van der Waals surface area contributed by atoms with Crippen molar-refractivity contribution in [2.75, 3.05) is 9.80 Å². The third kappa shape index (κ3) is 5.85. The van der Waals surface area contributed by atoms with Gasteiger partial charge in [-0.2, -0.15) is 0 Å². The summed E-state index contributed by atoms with van der Waals surface area (Å²) in [6.45, 7) is 0. The van der Waals surface area contributed by atoms with Crippen LogP contribution in [0.5, 0.6) is 0 Å². The number of para-hydroxylation sites is 4. The summed E-state index contributed by atoms with van der Waals surface area (Å²) in [5.41, 5.74) is 11.2. The molecule has 2 nitrogen and oxygen atoms in total. The Bertz CT molecular complexity index is 2450. The molecule has 2 heteroatoms. The normalized spacial score (nSPS) is 15.9. The Labute approximate surface area is 313 Å². The molecule has 8 aromatic carbocycles. The first kappa shape index (κ1) is 26.2. The van der Waals surface area contributed by atoms with E-state index in [0.717, 1.165) is 61.9 Å². The lowest BCUT2D eigenvalue weighted by molar-refractivity contribution is 0.821. The molecule has 0 unspecified atom stereocenters. The van der Waals surface area contributed by atoms with E-state index in [2.05, 4.69) is 149 Å². The first-order chi connectivity index (χ1) is 27.9. The van der Waals surface area contributed by atoms with Crippen molar-refractivity contribution in [3.05, 3.63) is 252 Å². The molecule has 1 aliphatic carbocycles. The molecule has 248 valence electrons. The molecule has 8 aromatic rings. The van der Waals surface area contributed by atoms with Gasteiger partial charge in [0, 0.05) is 46.0 Å². The molecule has 0 bridgehead atoms. The molecule has 0 amide bonds. The first-order valence-corrected chi connectivity index (χ1v) is 17.6. The molecular formula is C50H38N2. The van der Waals surface area contributed by atoms with Crippen molar-refractivity contribution in [2.24, 2.45) is 0 Å². The van der Waals surface area contributed by atoms with Crippen LogP contribution in [0.4, 0.5) is 34.1 Å². The minimum absolute atomic E-state index is 0.180. The standard InChI is InChI=1S/C50H38N2/c1-6-20-37(21-7-1)49-45-30-16-18-32-47(45)50(48-33-19-17-31-46(48)49)38-34-43(51(39-22-8-2-9-23-39)40-24-10-3-11-25-40)36-44(35-38)52(41-26-12-4-13-27-41)42-28-14-5-15-29-42/h1-36,49-50H/i1D,6D,7D,20D,21D. The Balaban J connectivity index is 1.34. The maximum absolute atomic E-state index is 9.06. The van der Waals surface area contributed by atoms with Crippen LogP contribution in [0.15, 0.2) is 218 Å². The van der Waals surface area contributed by atoms with Crippen LogP contribution in [0.25, 0.3) is 0 Å². The van der Waals surface area contributed by atoms with Gasteiger partial charge in [-0.1, -0.05) is 152 Å². The number of rotatable bonds is 8. The minimum atomic E-state index is -0.569. The predicted octanol–water partition coefficient (Wildman–Crippen LogP) is 13.3. The largest absolute Gasteiger partial charge is 0.310 e. The predicted molar refractivity (Wildman–Crippen MR) is 217 cm³/mol. The van der Waals surface area contributed by atoms with Gasteiger partial charge < -0.3 is 9.80 Å². The Morgan fingerprint density at radius 1 is 0.308 bits per heavy atom. The van der Waals surface area contributed by atoms with Crippen LogP contribution in [-0.4, -0.2) is 0 Å². The van der Waals surface area contributed by atoms with E-state index < -0.39 is 12.0 Å². The number of fused-ring (bicyclic) bond motifs is 2. The molecule has 0 saturated carbocycles. The Kier molecular flexibility index (Phi) is 7.02. The van der Waals surface area contributed by atoms with Gasteiger partial charge in [0.25, 0.3) is 0 Å². The Morgan fingerprint density at radius 2 is 0.615 bits per heavy atom. The fraction of sp³-hybridized carbons (Fsp3) is 0.0400. The Hall–Kier alpha value is -6.64. The van der Waals surface area contributed by atoms with Crippen molar-refractivity contribution < 1.29 is 6.85 Å². The fourth-order valence-corrected chi connectivity index (χ4v) is 7.73. The van der Waals surface area contributed by atoms with Gasteiger partial charge in [0.2, 0.25) is 0 Å². The summed E-state index contributed by atoms with van der Waals surface area (Å²) >= 11 is 0. The molecular weight excluding hydrogens is 629 g/mol. The zero-order valence-corrected chi connectivity index (χ0v) is 28.4. The highest BCUT2D eigenvalue weighted by Gasteiger charge is 2.34. The third-order valence-electron chi connectivity index (χ3n) is 9.88. The number of hydrogen-bond acceptors (Lipinski definition) is 2. The summed E-state index contributed by atoms with van der Waals surface area (Å²) < 4.78 is 43.6. The van der Waals surface area contributed by atoms with Crippen molar-refractivity contribution >= 4 is 34.1 Å². The van der Waals surface area contributed by atoms with Crippen molar-refractivity contribution in [1.29, 1.82) is 0 Å². The van der Waals surface area contributed by atoms with Crippen LogP contribution in [0, 0.1) is 0 Å². The van der Waals surface area contributed by atoms with Crippen molar-refractivity contribution in [1.82, 2.24) is 0 Å². The van der Waals surface area contributed by atoms with Crippen LogP contribution in [-0.2, 0) is 0 Å². The maximum atomic E-state index is 9.06. The topological polar surface area (TPSA) is 6.48 Å². The number of nitrogens with zero attached hydrogens (tertiary/aromatic N) is 2. The Morgan fingerprint density at radius 3 is 0.962 bits per heavy atom. The van der Waals surface area contributed by atoms with Crippen LogP contribution in [0.3, 0.4) is 0 Å². The van der Waals surface area contributed by atoms with Crippen LogP contribution in [0.1, 0.15) is 52.1 Å². The van der Waals surface area contributed by atoms with Gasteiger partial charge in [-0.3, -0.25) is 0 Å². The smallest absolute Gasteiger partial charge is 0.0626 e. The highest BCUT2D eigenvalue weighted by atomic mass is 15.2. The quantitative estimate of drug-likeness (QED) is 0.159. The average Bonchev–Trinajstić information content (AvgIpc) is 3.26. The summed E-state index contributed by atoms with van der Waals surface area (Å²) in [6, 6.07) is 63.4. The second-order valence-electron chi connectivity index (χ2n) is 13.0. The molecule has 0 aromatic heterocycles. The second kappa shape index (κ2) is 13.9. The van der Waals surface area contributed by atoms with Gasteiger partial charge in [-0.15, -0.1) is 0 Å². The van der Waals surface area contributed by atoms with Crippen LogP contribution in [0.2, 0.25) is 0 Å². The zero-order valence-electron chi connectivity index (χ0n) is 33.4. The van der Waals surface area contributed by atoms with E-state index >= 15 is 0 Å². The number of hydrogen-bond donors (Lipinski definition) is 0. The first-order valence-electron chi connectivity index (χ1n) is 20.1. The monoisotopic (exact) mass is 671 g/mol. The van der Waals surface area contributed by atoms with Gasteiger partial charge >= 0.3 is 0 Å². The van der Waals surface area contributed by atoms with Crippen molar-refractivity contribution in [3.8, 4) is 0 Å². The average molecular weight is 672 g/mol. The van der Waals surface area contributed by atoms with Gasteiger partial charge in [0.15, 0.2) is 0 Å². The molecule has 0 heterocycles. The van der Waals surface area contributed by atoms with E-state index in [1.807, 2.05) is 48.5 Å². The third-order valence-corrected chi connectivity index (χ3v) is 9.88.